The maximum atomic E-state index is 6.24. The highest BCUT2D eigenvalue weighted by molar-refractivity contribution is 7.95. The zero-order chi connectivity index (χ0) is 22.7. The molecule has 0 radical (unpaired) electrons. The number of ether oxygens (including phenoxy) is 2. The van der Waals surface area contributed by atoms with E-state index in [4.69, 9.17) is 9.47 Å². The molecule has 1 fully saturated rings. The molecule has 0 N–H and O–H groups in total. The Hall–Kier alpha value is -1.51. The Morgan fingerprint density at radius 3 is 1.33 bits per heavy atom. The predicted molar refractivity (Wildman–Crippen MR) is 138 cm³/mol. The lowest BCUT2D eigenvalue weighted by molar-refractivity contribution is -0.0910. The van der Waals surface area contributed by atoms with E-state index < -0.39 is 7.26 Å². The molecule has 4 heteroatoms. The largest absolute Gasteiger partial charge is 1.00 e. The maximum Gasteiger partial charge on any atom is 0.159 e. The molecule has 0 atom stereocenters. The molecule has 0 aromatic heterocycles. The molecule has 4 rings (SSSR count). The van der Waals surface area contributed by atoms with Crippen LogP contribution in [-0.2, 0) is 9.47 Å². The third kappa shape index (κ3) is 5.43. The molecule has 1 saturated heterocycles. The van der Waals surface area contributed by atoms with Crippen LogP contribution in [-0.4, -0.2) is 23.7 Å². The van der Waals surface area contributed by atoms with Gasteiger partial charge in [0.25, 0.3) is 0 Å². The number of rotatable bonds is 8. The number of halogens is 1. The van der Waals surface area contributed by atoms with Gasteiger partial charge in [-0.25, -0.2) is 0 Å². The summed E-state index contributed by atoms with van der Waals surface area (Å²) < 4.78 is 12.5. The molecular weight excluding hydrogens is 491 g/mol. The van der Waals surface area contributed by atoms with Crippen LogP contribution in [0.4, 0.5) is 0 Å². The SMILES string of the molecule is CC1(C)OC(CCCC[P+](c2ccccc2)(c2ccccc2)c2ccccc2)OC1(C)C.[Br-]. The third-order valence-corrected chi connectivity index (χ3v) is 11.6. The van der Waals surface area contributed by atoms with Crippen molar-refractivity contribution in [3.05, 3.63) is 91.0 Å². The number of unbranched alkanes of at least 4 members (excludes halogenated alkanes) is 1. The first-order chi connectivity index (χ1) is 15.4. The number of benzene rings is 3. The Labute approximate surface area is 210 Å². The van der Waals surface area contributed by atoms with Crippen LogP contribution in [0, 0.1) is 0 Å². The second kappa shape index (κ2) is 10.8. The van der Waals surface area contributed by atoms with Gasteiger partial charge in [-0.2, -0.15) is 0 Å². The normalized spacial score (nSPS) is 17.5. The molecule has 33 heavy (non-hydrogen) atoms. The molecule has 0 saturated carbocycles. The minimum atomic E-state index is -1.75. The smallest absolute Gasteiger partial charge is 0.159 e. The summed E-state index contributed by atoms with van der Waals surface area (Å²) in [6, 6.07) is 33.4. The van der Waals surface area contributed by atoms with E-state index in [-0.39, 0.29) is 34.5 Å². The van der Waals surface area contributed by atoms with Crippen LogP contribution in [0.15, 0.2) is 91.0 Å². The van der Waals surface area contributed by atoms with E-state index >= 15 is 0 Å². The quantitative estimate of drug-likeness (QED) is 0.331. The molecule has 0 amide bonds. The topological polar surface area (TPSA) is 18.5 Å². The van der Waals surface area contributed by atoms with Gasteiger partial charge in [0.15, 0.2) is 6.29 Å². The minimum absolute atomic E-state index is 0. The fraction of sp³-hybridized carbons (Fsp3) is 0.379. The molecule has 176 valence electrons. The summed E-state index contributed by atoms with van der Waals surface area (Å²) in [5, 5.41) is 4.36. The van der Waals surface area contributed by atoms with Gasteiger partial charge in [-0.3, -0.25) is 0 Å². The van der Waals surface area contributed by atoms with Gasteiger partial charge < -0.3 is 26.5 Å². The molecule has 2 nitrogen and oxygen atoms in total. The summed E-state index contributed by atoms with van der Waals surface area (Å²) >= 11 is 0. The fourth-order valence-corrected chi connectivity index (χ4v) is 9.04. The molecular formula is C29H36BrO2P. The van der Waals surface area contributed by atoms with Gasteiger partial charge >= 0.3 is 0 Å². The molecule has 3 aromatic rings. The van der Waals surface area contributed by atoms with E-state index in [1.54, 1.807) is 0 Å². The Kier molecular flexibility index (Phi) is 8.56. The fourth-order valence-electron chi connectivity index (χ4n) is 4.62. The van der Waals surface area contributed by atoms with Crippen LogP contribution in [0.3, 0.4) is 0 Å². The Bertz CT molecular complexity index is 877. The van der Waals surface area contributed by atoms with Crippen molar-refractivity contribution in [2.75, 3.05) is 6.16 Å². The van der Waals surface area contributed by atoms with Crippen molar-refractivity contribution < 1.29 is 26.5 Å². The lowest BCUT2D eigenvalue weighted by Gasteiger charge is -2.30. The molecule has 1 aliphatic heterocycles. The van der Waals surface area contributed by atoms with Gasteiger partial charge in [0.2, 0.25) is 0 Å². The highest BCUT2D eigenvalue weighted by Crippen LogP contribution is 2.56. The summed E-state index contributed by atoms with van der Waals surface area (Å²) in [4.78, 5) is 0. The lowest BCUT2D eigenvalue weighted by atomic mass is 9.90. The molecule has 0 spiro atoms. The van der Waals surface area contributed by atoms with Crippen molar-refractivity contribution in [2.24, 2.45) is 0 Å². The number of hydrogen-bond donors (Lipinski definition) is 0. The third-order valence-electron chi connectivity index (χ3n) is 7.08. The van der Waals surface area contributed by atoms with E-state index in [0.717, 1.165) is 25.4 Å². The lowest BCUT2D eigenvalue weighted by Crippen LogP contribution is -3.00. The Morgan fingerprint density at radius 1 is 0.606 bits per heavy atom. The molecule has 3 aromatic carbocycles. The van der Waals surface area contributed by atoms with Crippen molar-refractivity contribution in [3.8, 4) is 0 Å². The standard InChI is InChI=1S/C29H36O2P.BrH/c1-28(2)29(3,4)31-27(30-28)22-14-15-23-32(24-16-8-5-9-17-24,25-18-10-6-11-19-25)26-20-12-7-13-21-26;/h5-13,16-21,27H,14-15,22-23H2,1-4H3;1H/q+1;/p-1. The highest BCUT2D eigenvalue weighted by Gasteiger charge is 2.49. The van der Waals surface area contributed by atoms with E-state index in [1.165, 1.54) is 15.9 Å². The molecule has 0 bridgehead atoms. The van der Waals surface area contributed by atoms with Gasteiger partial charge in [0, 0.05) is 0 Å². The van der Waals surface area contributed by atoms with E-state index in [9.17, 15) is 0 Å². The minimum Gasteiger partial charge on any atom is -1.00 e. The van der Waals surface area contributed by atoms with Crippen LogP contribution < -0.4 is 32.9 Å². The monoisotopic (exact) mass is 526 g/mol. The second-order valence-electron chi connectivity index (χ2n) is 9.72. The van der Waals surface area contributed by atoms with Crippen molar-refractivity contribution in [3.63, 3.8) is 0 Å². The van der Waals surface area contributed by atoms with Crippen molar-refractivity contribution >= 4 is 23.2 Å². The summed E-state index contributed by atoms with van der Waals surface area (Å²) in [6.45, 7) is 8.51. The van der Waals surface area contributed by atoms with Crippen molar-refractivity contribution in [1.82, 2.24) is 0 Å². The van der Waals surface area contributed by atoms with E-state index in [2.05, 4.69) is 119 Å². The first kappa shape index (κ1) is 26.1. The maximum absolute atomic E-state index is 6.24. The average Bonchev–Trinajstić information content (AvgIpc) is 3.02. The summed E-state index contributed by atoms with van der Waals surface area (Å²) in [5.41, 5.74) is -0.515. The van der Waals surface area contributed by atoms with Crippen LogP contribution in [0.1, 0.15) is 47.0 Å². The molecule has 0 unspecified atom stereocenters. The van der Waals surface area contributed by atoms with Crippen LogP contribution in [0.25, 0.3) is 0 Å². The van der Waals surface area contributed by atoms with Crippen LogP contribution in [0.5, 0.6) is 0 Å². The first-order valence-corrected chi connectivity index (χ1v) is 13.7. The van der Waals surface area contributed by atoms with Gasteiger partial charge in [0.1, 0.15) is 23.2 Å². The van der Waals surface area contributed by atoms with Gasteiger partial charge in [-0.1, -0.05) is 54.6 Å². The van der Waals surface area contributed by atoms with Crippen LogP contribution >= 0.6 is 7.26 Å². The van der Waals surface area contributed by atoms with E-state index in [0.29, 0.717) is 0 Å². The Morgan fingerprint density at radius 2 is 0.970 bits per heavy atom. The highest BCUT2D eigenvalue weighted by atomic mass is 79.9. The zero-order valence-corrected chi connectivity index (χ0v) is 22.7. The van der Waals surface area contributed by atoms with Gasteiger partial charge in [-0.15, -0.1) is 0 Å². The van der Waals surface area contributed by atoms with Gasteiger partial charge in [-0.05, 0) is 83.4 Å². The zero-order valence-electron chi connectivity index (χ0n) is 20.2. The molecule has 1 aliphatic rings. The predicted octanol–water partition coefficient (Wildman–Crippen LogP) is 3.08. The summed E-state index contributed by atoms with van der Waals surface area (Å²) in [7, 11) is -1.75. The Balaban J connectivity index is 0.00000306. The van der Waals surface area contributed by atoms with Crippen molar-refractivity contribution in [1.29, 1.82) is 0 Å². The van der Waals surface area contributed by atoms with Crippen LogP contribution in [0.2, 0.25) is 0 Å². The second-order valence-corrected chi connectivity index (χ2v) is 13.3. The molecule has 0 aliphatic carbocycles. The van der Waals surface area contributed by atoms with Gasteiger partial charge in [0.05, 0.1) is 17.4 Å². The van der Waals surface area contributed by atoms with E-state index in [1.807, 2.05) is 0 Å². The summed E-state index contributed by atoms with van der Waals surface area (Å²) in [5.74, 6) is 0. The number of hydrogen-bond acceptors (Lipinski definition) is 2. The molecule has 1 heterocycles. The van der Waals surface area contributed by atoms with Crippen molar-refractivity contribution in [2.45, 2.75) is 64.4 Å². The average molecular weight is 527 g/mol. The first-order valence-electron chi connectivity index (χ1n) is 11.8. The summed E-state index contributed by atoms with van der Waals surface area (Å²) in [6.07, 6.45) is 4.19.